The van der Waals surface area contributed by atoms with E-state index in [-0.39, 0.29) is 29.3 Å². The summed E-state index contributed by atoms with van der Waals surface area (Å²) < 4.78 is 0. The second kappa shape index (κ2) is 6.71. The monoisotopic (exact) mass is 330 g/mol. The van der Waals surface area contributed by atoms with Crippen LogP contribution in [0.15, 0.2) is 30.9 Å². The third-order valence-corrected chi connectivity index (χ3v) is 3.45. The summed E-state index contributed by atoms with van der Waals surface area (Å²) in [6.45, 7) is 4.53. The number of carbonyl (C=O) groups excluding carboxylic acids is 1. The average Bonchev–Trinajstić information content (AvgIpc) is 2.55. The van der Waals surface area contributed by atoms with Gasteiger partial charge >= 0.3 is 0 Å². The van der Waals surface area contributed by atoms with Gasteiger partial charge in [0.05, 0.1) is 17.1 Å². The summed E-state index contributed by atoms with van der Waals surface area (Å²) in [5.74, 6) is -0.288. The Morgan fingerprint density at radius 2 is 1.96 bits per heavy atom. The molecule has 1 heterocycles. The van der Waals surface area contributed by atoms with Crippen molar-refractivity contribution in [2.75, 3.05) is 11.9 Å². The SMILES string of the molecule is CC(=O)c1cc(-c2cncnc2)c(NC(C)(C)CO)c([N+](=O)[O-])c1. The summed E-state index contributed by atoms with van der Waals surface area (Å²) in [7, 11) is 0. The highest BCUT2D eigenvalue weighted by Gasteiger charge is 2.27. The molecule has 126 valence electrons. The molecule has 0 saturated heterocycles. The number of carbonyl (C=O) groups is 1. The molecule has 0 atom stereocenters. The number of aliphatic hydroxyl groups excluding tert-OH is 1. The zero-order valence-corrected chi connectivity index (χ0v) is 13.6. The molecule has 2 aromatic rings. The van der Waals surface area contributed by atoms with E-state index in [9.17, 15) is 20.0 Å². The minimum Gasteiger partial charge on any atom is -0.394 e. The summed E-state index contributed by atoms with van der Waals surface area (Å²) in [5.41, 5.74) is 0.332. The zero-order chi connectivity index (χ0) is 17.9. The summed E-state index contributed by atoms with van der Waals surface area (Å²) in [6.07, 6.45) is 4.36. The fourth-order valence-corrected chi connectivity index (χ4v) is 2.15. The summed E-state index contributed by atoms with van der Waals surface area (Å²) in [5, 5.41) is 24.0. The number of aliphatic hydroxyl groups is 1. The van der Waals surface area contributed by atoms with Gasteiger partial charge in [0.25, 0.3) is 5.69 Å². The minimum atomic E-state index is -0.799. The van der Waals surface area contributed by atoms with Crippen molar-refractivity contribution in [2.45, 2.75) is 26.3 Å². The maximum atomic E-state index is 11.7. The Morgan fingerprint density at radius 1 is 1.33 bits per heavy atom. The lowest BCUT2D eigenvalue weighted by molar-refractivity contribution is -0.384. The zero-order valence-electron chi connectivity index (χ0n) is 13.6. The van der Waals surface area contributed by atoms with Crippen molar-refractivity contribution in [3.8, 4) is 11.1 Å². The summed E-state index contributed by atoms with van der Waals surface area (Å²) in [4.78, 5) is 30.5. The first-order valence-corrected chi connectivity index (χ1v) is 7.23. The van der Waals surface area contributed by atoms with Gasteiger partial charge in [0, 0.05) is 35.2 Å². The molecule has 24 heavy (non-hydrogen) atoms. The van der Waals surface area contributed by atoms with E-state index in [4.69, 9.17) is 0 Å². The number of nitrogens with zero attached hydrogens (tertiary/aromatic N) is 3. The number of nitro benzene ring substituents is 1. The Hall–Kier alpha value is -2.87. The Kier molecular flexibility index (Phi) is 4.89. The second-order valence-corrected chi connectivity index (χ2v) is 6.03. The molecule has 0 bridgehead atoms. The fraction of sp³-hybridized carbons (Fsp3) is 0.312. The van der Waals surface area contributed by atoms with Crippen LogP contribution >= 0.6 is 0 Å². The number of aromatic nitrogens is 2. The van der Waals surface area contributed by atoms with Crippen LogP contribution in [0.1, 0.15) is 31.1 Å². The minimum absolute atomic E-state index is 0.207. The molecular formula is C16H18N4O4. The number of Topliss-reactive ketones (excluding diaryl/α,β-unsaturated/α-hetero) is 1. The smallest absolute Gasteiger partial charge is 0.293 e. The van der Waals surface area contributed by atoms with Gasteiger partial charge in [-0.25, -0.2) is 9.97 Å². The van der Waals surface area contributed by atoms with Crippen LogP contribution in [0.2, 0.25) is 0 Å². The second-order valence-electron chi connectivity index (χ2n) is 6.03. The lowest BCUT2D eigenvalue weighted by atomic mass is 9.97. The fourth-order valence-electron chi connectivity index (χ4n) is 2.15. The van der Waals surface area contributed by atoms with E-state index in [2.05, 4.69) is 15.3 Å². The lowest BCUT2D eigenvalue weighted by Crippen LogP contribution is -2.35. The lowest BCUT2D eigenvalue weighted by Gasteiger charge is -2.26. The standard InChI is InChI=1S/C16H18N4O4/c1-10(22)11-4-13(12-6-17-9-18-7-12)15(14(5-11)20(23)24)19-16(2,3)8-21/h4-7,9,19,21H,8H2,1-3H3. The molecule has 0 radical (unpaired) electrons. The van der Waals surface area contributed by atoms with Crippen LogP contribution in [0.5, 0.6) is 0 Å². The van der Waals surface area contributed by atoms with Crippen LogP contribution in [0.4, 0.5) is 11.4 Å². The molecular weight excluding hydrogens is 312 g/mol. The molecule has 8 nitrogen and oxygen atoms in total. The maximum Gasteiger partial charge on any atom is 0.293 e. The molecule has 1 aromatic heterocycles. The van der Waals surface area contributed by atoms with Crippen molar-refractivity contribution in [3.63, 3.8) is 0 Å². The average molecular weight is 330 g/mol. The van der Waals surface area contributed by atoms with E-state index in [0.29, 0.717) is 11.1 Å². The molecule has 8 heteroatoms. The van der Waals surface area contributed by atoms with Crippen LogP contribution in [0, 0.1) is 10.1 Å². The summed E-state index contributed by atoms with van der Waals surface area (Å²) in [6, 6.07) is 2.79. The molecule has 0 amide bonds. The Bertz CT molecular complexity index is 775. The van der Waals surface area contributed by atoms with Gasteiger partial charge in [0.2, 0.25) is 0 Å². The number of benzene rings is 1. The first-order valence-electron chi connectivity index (χ1n) is 7.23. The molecule has 0 aliphatic rings. The van der Waals surface area contributed by atoms with Crippen LogP contribution in [-0.4, -0.2) is 37.9 Å². The highest BCUT2D eigenvalue weighted by Crippen LogP contribution is 2.38. The number of anilines is 1. The highest BCUT2D eigenvalue weighted by atomic mass is 16.6. The molecule has 0 unspecified atom stereocenters. The van der Waals surface area contributed by atoms with Gasteiger partial charge in [-0.1, -0.05) is 0 Å². The van der Waals surface area contributed by atoms with Gasteiger partial charge in [-0.2, -0.15) is 0 Å². The van der Waals surface area contributed by atoms with Crippen LogP contribution in [-0.2, 0) is 0 Å². The number of rotatable bonds is 6. The van der Waals surface area contributed by atoms with Crippen molar-refractivity contribution >= 4 is 17.2 Å². The van der Waals surface area contributed by atoms with Crippen molar-refractivity contribution in [1.82, 2.24) is 9.97 Å². The molecule has 0 saturated carbocycles. The summed E-state index contributed by atoms with van der Waals surface area (Å²) >= 11 is 0. The van der Waals surface area contributed by atoms with Gasteiger partial charge in [-0.05, 0) is 26.8 Å². The van der Waals surface area contributed by atoms with E-state index in [1.165, 1.54) is 31.7 Å². The quantitative estimate of drug-likeness (QED) is 0.474. The Balaban J connectivity index is 2.77. The molecule has 0 aliphatic heterocycles. The van der Waals surface area contributed by atoms with E-state index in [1.54, 1.807) is 19.9 Å². The third-order valence-electron chi connectivity index (χ3n) is 3.45. The molecule has 0 fully saturated rings. The number of hydrogen-bond acceptors (Lipinski definition) is 7. The Morgan fingerprint density at radius 3 is 2.46 bits per heavy atom. The van der Waals surface area contributed by atoms with Crippen molar-refractivity contribution < 1.29 is 14.8 Å². The molecule has 0 spiro atoms. The number of ketones is 1. The molecule has 0 aliphatic carbocycles. The van der Waals surface area contributed by atoms with Crippen LogP contribution in [0.25, 0.3) is 11.1 Å². The highest BCUT2D eigenvalue weighted by molar-refractivity contribution is 5.99. The maximum absolute atomic E-state index is 11.7. The Labute approximate surface area is 138 Å². The van der Waals surface area contributed by atoms with E-state index >= 15 is 0 Å². The van der Waals surface area contributed by atoms with Crippen LogP contribution < -0.4 is 5.32 Å². The predicted molar refractivity (Wildman–Crippen MR) is 88.9 cm³/mol. The molecule has 2 rings (SSSR count). The van der Waals surface area contributed by atoms with Gasteiger partial charge in [0.1, 0.15) is 12.0 Å². The van der Waals surface area contributed by atoms with Crippen LogP contribution in [0.3, 0.4) is 0 Å². The van der Waals surface area contributed by atoms with Crippen molar-refractivity contribution in [2.24, 2.45) is 0 Å². The first-order chi connectivity index (χ1) is 11.2. The number of hydrogen-bond donors (Lipinski definition) is 2. The van der Waals surface area contributed by atoms with E-state index < -0.39 is 10.5 Å². The normalized spacial score (nSPS) is 11.2. The third kappa shape index (κ3) is 3.72. The topological polar surface area (TPSA) is 118 Å². The number of nitro groups is 1. The predicted octanol–water partition coefficient (Wildman–Crippen LogP) is 2.44. The van der Waals surface area contributed by atoms with Gasteiger partial charge in [0.15, 0.2) is 5.78 Å². The molecule has 1 aromatic carbocycles. The van der Waals surface area contributed by atoms with E-state index in [0.717, 1.165) is 0 Å². The van der Waals surface area contributed by atoms with Gasteiger partial charge in [-0.15, -0.1) is 0 Å². The molecule has 2 N–H and O–H groups in total. The van der Waals surface area contributed by atoms with Crippen molar-refractivity contribution in [3.05, 3.63) is 46.5 Å². The van der Waals surface area contributed by atoms with Gasteiger partial charge < -0.3 is 10.4 Å². The number of nitrogens with one attached hydrogen (secondary N) is 1. The largest absolute Gasteiger partial charge is 0.394 e. The van der Waals surface area contributed by atoms with Crippen molar-refractivity contribution in [1.29, 1.82) is 0 Å². The van der Waals surface area contributed by atoms with Gasteiger partial charge in [-0.3, -0.25) is 14.9 Å². The first kappa shape index (κ1) is 17.5. The van der Waals surface area contributed by atoms with E-state index in [1.807, 2.05) is 0 Å².